The van der Waals surface area contributed by atoms with Crippen molar-refractivity contribution in [2.75, 3.05) is 5.32 Å². The number of guanidine groups is 1. The van der Waals surface area contributed by atoms with Crippen LogP contribution in [0.15, 0.2) is 53.8 Å². The highest BCUT2D eigenvalue weighted by atomic mass is 35.5. The van der Waals surface area contributed by atoms with Crippen molar-refractivity contribution in [3.63, 3.8) is 0 Å². The van der Waals surface area contributed by atoms with Gasteiger partial charge in [0, 0.05) is 22.2 Å². The summed E-state index contributed by atoms with van der Waals surface area (Å²) in [6.07, 6.45) is 4.50. The van der Waals surface area contributed by atoms with E-state index in [1.807, 2.05) is 27.0 Å². The zero-order valence-electron chi connectivity index (χ0n) is 15.3. The Kier molecular flexibility index (Phi) is 6.74. The number of pyridine rings is 1. The lowest BCUT2D eigenvalue weighted by Gasteiger charge is -2.29. The number of aromatic nitrogens is 1. The second-order valence-electron chi connectivity index (χ2n) is 6.83. The molecular formula is C19H21ClN6O. The van der Waals surface area contributed by atoms with Crippen LogP contribution in [0.2, 0.25) is 5.02 Å². The van der Waals surface area contributed by atoms with Gasteiger partial charge in [0.1, 0.15) is 6.17 Å². The van der Waals surface area contributed by atoms with E-state index in [1.54, 1.807) is 48.8 Å². The van der Waals surface area contributed by atoms with Crippen LogP contribution in [0.3, 0.4) is 0 Å². The van der Waals surface area contributed by atoms with Gasteiger partial charge in [0.25, 0.3) is 5.91 Å². The SMILES string of the molecule is CC(C)(C)C(N=C(NC#N)Nc1cccnc1)NC(=O)c1ccc(Cl)cc1. The van der Waals surface area contributed by atoms with Gasteiger partial charge in [-0.15, -0.1) is 0 Å². The average molecular weight is 385 g/mol. The molecular weight excluding hydrogens is 364 g/mol. The van der Waals surface area contributed by atoms with E-state index in [4.69, 9.17) is 16.9 Å². The Morgan fingerprint density at radius 3 is 2.52 bits per heavy atom. The Labute approximate surface area is 163 Å². The minimum atomic E-state index is -0.597. The summed E-state index contributed by atoms with van der Waals surface area (Å²) in [6.45, 7) is 5.83. The number of nitrogens with zero attached hydrogens (tertiary/aromatic N) is 3. The van der Waals surface area contributed by atoms with Gasteiger partial charge in [-0.1, -0.05) is 32.4 Å². The van der Waals surface area contributed by atoms with Gasteiger partial charge in [0.05, 0.1) is 11.9 Å². The van der Waals surface area contributed by atoms with Crippen LogP contribution in [0.4, 0.5) is 5.69 Å². The molecule has 0 aliphatic carbocycles. The summed E-state index contributed by atoms with van der Waals surface area (Å²) in [5.74, 6) is -0.0742. The number of carbonyl (C=O) groups excluding carboxylic acids is 1. The van der Waals surface area contributed by atoms with E-state index < -0.39 is 11.6 Å². The fraction of sp³-hybridized carbons (Fsp3) is 0.263. The summed E-state index contributed by atoms with van der Waals surface area (Å²) >= 11 is 5.87. The van der Waals surface area contributed by atoms with E-state index in [1.165, 1.54) is 0 Å². The third-order valence-corrected chi connectivity index (χ3v) is 3.80. The minimum absolute atomic E-state index is 0.210. The molecule has 1 atom stereocenters. The van der Waals surface area contributed by atoms with Crippen LogP contribution >= 0.6 is 11.6 Å². The molecule has 7 nitrogen and oxygen atoms in total. The van der Waals surface area contributed by atoms with Crippen molar-refractivity contribution in [3.05, 3.63) is 59.4 Å². The molecule has 0 aliphatic heterocycles. The average Bonchev–Trinajstić information content (AvgIpc) is 2.62. The molecule has 1 heterocycles. The predicted molar refractivity (Wildman–Crippen MR) is 106 cm³/mol. The lowest BCUT2D eigenvalue weighted by Crippen LogP contribution is -2.44. The number of hydrogen-bond donors (Lipinski definition) is 3. The number of rotatable bonds is 4. The van der Waals surface area contributed by atoms with Gasteiger partial charge in [-0.25, -0.2) is 4.99 Å². The fourth-order valence-electron chi connectivity index (χ4n) is 2.10. The van der Waals surface area contributed by atoms with Gasteiger partial charge in [-0.05, 0) is 36.4 Å². The Hall–Kier alpha value is -3.11. The summed E-state index contributed by atoms with van der Waals surface area (Å²) < 4.78 is 0. The summed E-state index contributed by atoms with van der Waals surface area (Å²) in [5, 5.41) is 18.0. The maximum absolute atomic E-state index is 12.6. The second kappa shape index (κ2) is 9.01. The smallest absolute Gasteiger partial charge is 0.252 e. The van der Waals surface area contributed by atoms with Crippen molar-refractivity contribution < 1.29 is 4.79 Å². The molecule has 2 aromatic rings. The quantitative estimate of drug-likeness (QED) is 0.324. The van der Waals surface area contributed by atoms with E-state index in [0.29, 0.717) is 16.3 Å². The number of nitrogens with one attached hydrogen (secondary N) is 3. The van der Waals surface area contributed by atoms with Gasteiger partial charge < -0.3 is 10.6 Å². The molecule has 1 aromatic carbocycles. The van der Waals surface area contributed by atoms with Gasteiger partial charge >= 0.3 is 0 Å². The summed E-state index contributed by atoms with van der Waals surface area (Å²) in [5.41, 5.74) is 0.732. The number of anilines is 1. The zero-order chi connectivity index (χ0) is 19.9. The van der Waals surface area contributed by atoms with Crippen LogP contribution in [0.25, 0.3) is 0 Å². The molecule has 27 heavy (non-hydrogen) atoms. The van der Waals surface area contributed by atoms with Crippen molar-refractivity contribution in [2.24, 2.45) is 10.4 Å². The first-order valence-electron chi connectivity index (χ1n) is 8.26. The Bertz CT molecular complexity index is 837. The topological polar surface area (TPSA) is 102 Å². The molecule has 2 rings (SSSR count). The molecule has 0 aliphatic rings. The standard InChI is InChI=1S/C19H21ClN6O/c1-19(2,3)17(25-16(27)13-6-8-14(20)9-7-13)26-18(23-12-21)24-15-5-4-10-22-11-15/h4-11,17H,1-3H3,(H,25,27)(H2,23,24,26). The number of benzene rings is 1. The van der Waals surface area contributed by atoms with E-state index in [2.05, 4.69) is 25.9 Å². The van der Waals surface area contributed by atoms with Crippen LogP contribution in [-0.2, 0) is 0 Å². The largest absolute Gasteiger partial charge is 0.330 e. The maximum Gasteiger partial charge on any atom is 0.252 e. The molecule has 0 bridgehead atoms. The molecule has 8 heteroatoms. The highest BCUT2D eigenvalue weighted by Gasteiger charge is 2.27. The Morgan fingerprint density at radius 1 is 1.26 bits per heavy atom. The summed E-state index contributed by atoms with van der Waals surface area (Å²) in [7, 11) is 0. The Morgan fingerprint density at radius 2 is 1.96 bits per heavy atom. The van der Waals surface area contributed by atoms with Crippen molar-refractivity contribution in [2.45, 2.75) is 26.9 Å². The molecule has 3 N–H and O–H groups in total. The summed E-state index contributed by atoms with van der Waals surface area (Å²) in [6, 6.07) is 10.1. The number of hydrogen-bond acceptors (Lipinski definition) is 4. The van der Waals surface area contributed by atoms with Gasteiger partial charge in [-0.2, -0.15) is 5.26 Å². The predicted octanol–water partition coefficient (Wildman–Crippen LogP) is 3.38. The highest BCUT2D eigenvalue weighted by molar-refractivity contribution is 6.30. The van der Waals surface area contributed by atoms with Crippen molar-refractivity contribution in [3.8, 4) is 6.19 Å². The number of aliphatic imine (C=N–C) groups is 1. The van der Waals surface area contributed by atoms with Gasteiger partial charge in [0.2, 0.25) is 5.96 Å². The van der Waals surface area contributed by atoms with E-state index in [-0.39, 0.29) is 11.9 Å². The molecule has 0 radical (unpaired) electrons. The first-order chi connectivity index (χ1) is 12.8. The Balaban J connectivity index is 2.25. The second-order valence-corrected chi connectivity index (χ2v) is 7.27. The number of carbonyl (C=O) groups is 1. The first-order valence-corrected chi connectivity index (χ1v) is 8.64. The van der Waals surface area contributed by atoms with Crippen molar-refractivity contribution >= 4 is 29.2 Å². The monoisotopic (exact) mass is 384 g/mol. The fourth-order valence-corrected chi connectivity index (χ4v) is 2.23. The molecule has 0 saturated heterocycles. The highest BCUT2D eigenvalue weighted by Crippen LogP contribution is 2.21. The molecule has 0 spiro atoms. The number of nitriles is 1. The molecule has 1 amide bonds. The van der Waals surface area contributed by atoms with Crippen LogP contribution in [0, 0.1) is 16.9 Å². The number of halogens is 1. The normalized spacial score (nSPS) is 12.6. The van der Waals surface area contributed by atoms with Crippen LogP contribution in [0.1, 0.15) is 31.1 Å². The lowest BCUT2D eigenvalue weighted by atomic mass is 9.92. The molecule has 1 aromatic heterocycles. The lowest BCUT2D eigenvalue weighted by molar-refractivity contribution is 0.0906. The molecule has 140 valence electrons. The van der Waals surface area contributed by atoms with E-state index in [0.717, 1.165) is 0 Å². The summed E-state index contributed by atoms with van der Waals surface area (Å²) in [4.78, 5) is 21.1. The van der Waals surface area contributed by atoms with Gasteiger partial charge in [0.15, 0.2) is 6.19 Å². The van der Waals surface area contributed by atoms with Gasteiger partial charge in [-0.3, -0.25) is 15.1 Å². The van der Waals surface area contributed by atoms with Crippen molar-refractivity contribution in [1.82, 2.24) is 15.6 Å². The zero-order valence-corrected chi connectivity index (χ0v) is 16.1. The number of amides is 1. The van der Waals surface area contributed by atoms with Crippen LogP contribution < -0.4 is 16.0 Å². The third-order valence-electron chi connectivity index (χ3n) is 3.55. The van der Waals surface area contributed by atoms with Crippen LogP contribution in [0.5, 0.6) is 0 Å². The molecule has 1 unspecified atom stereocenters. The van der Waals surface area contributed by atoms with Crippen molar-refractivity contribution in [1.29, 1.82) is 5.26 Å². The van der Waals surface area contributed by atoms with Crippen LogP contribution in [-0.4, -0.2) is 23.0 Å². The molecule has 0 saturated carbocycles. The molecule has 0 fully saturated rings. The minimum Gasteiger partial charge on any atom is -0.330 e. The first kappa shape index (κ1) is 20.2. The third kappa shape index (κ3) is 6.28. The maximum atomic E-state index is 12.6. The van der Waals surface area contributed by atoms with E-state index in [9.17, 15) is 4.79 Å². The van der Waals surface area contributed by atoms with E-state index >= 15 is 0 Å².